The van der Waals surface area contributed by atoms with Gasteiger partial charge < -0.3 is 10.3 Å². The molecule has 0 saturated heterocycles. The van der Waals surface area contributed by atoms with Gasteiger partial charge in [0.1, 0.15) is 23.2 Å². The van der Waals surface area contributed by atoms with Crippen LogP contribution in [0, 0.1) is 18.2 Å². The van der Waals surface area contributed by atoms with E-state index in [1.807, 2.05) is 4.57 Å². The van der Waals surface area contributed by atoms with Gasteiger partial charge in [-0.25, -0.2) is 9.37 Å². The smallest absolute Gasteiger partial charge is 0.132 e. The third kappa shape index (κ3) is 1.97. The zero-order valence-electron chi connectivity index (χ0n) is 10.4. The van der Waals surface area contributed by atoms with Crippen molar-refractivity contribution in [3.63, 3.8) is 0 Å². The maximum absolute atomic E-state index is 13.9. The van der Waals surface area contributed by atoms with E-state index < -0.39 is 0 Å². The van der Waals surface area contributed by atoms with Gasteiger partial charge in [0.15, 0.2) is 0 Å². The maximum Gasteiger partial charge on any atom is 0.132 e. The Morgan fingerprint density at radius 3 is 2.79 bits per heavy atom. The Labute approximate surface area is 111 Å². The van der Waals surface area contributed by atoms with Gasteiger partial charge in [0.05, 0.1) is 6.54 Å². The molecule has 0 spiro atoms. The minimum Gasteiger partial charge on any atom is -0.383 e. The molecule has 1 saturated carbocycles. The van der Waals surface area contributed by atoms with Crippen molar-refractivity contribution in [2.24, 2.45) is 0 Å². The first-order valence-electron chi connectivity index (χ1n) is 6.26. The van der Waals surface area contributed by atoms with Crippen LogP contribution in [0.2, 0.25) is 0 Å². The van der Waals surface area contributed by atoms with Gasteiger partial charge in [-0.1, -0.05) is 18.1 Å². The van der Waals surface area contributed by atoms with Crippen molar-refractivity contribution in [1.29, 1.82) is 0 Å². The summed E-state index contributed by atoms with van der Waals surface area (Å²) in [6.45, 7) is 0.374. The van der Waals surface area contributed by atoms with Crippen molar-refractivity contribution in [3.05, 3.63) is 35.9 Å². The van der Waals surface area contributed by atoms with Gasteiger partial charge in [-0.2, -0.15) is 0 Å². The lowest BCUT2D eigenvalue weighted by Gasteiger charge is -2.05. The second-order valence-corrected chi connectivity index (χ2v) is 4.75. The first-order chi connectivity index (χ1) is 9.22. The van der Waals surface area contributed by atoms with Gasteiger partial charge in [-0.3, -0.25) is 0 Å². The Balaban J connectivity index is 2.15. The van der Waals surface area contributed by atoms with E-state index in [4.69, 9.17) is 12.2 Å². The van der Waals surface area contributed by atoms with Crippen LogP contribution >= 0.6 is 0 Å². The largest absolute Gasteiger partial charge is 0.383 e. The first kappa shape index (κ1) is 11.8. The molecule has 2 N–H and O–H groups in total. The van der Waals surface area contributed by atoms with Crippen molar-refractivity contribution in [3.8, 4) is 23.6 Å². The number of hydrogen-bond donors (Lipinski definition) is 1. The van der Waals surface area contributed by atoms with Crippen LogP contribution in [0.5, 0.6) is 0 Å². The highest BCUT2D eigenvalue weighted by molar-refractivity contribution is 5.71. The SMILES string of the molecule is C#CCn1c(C2CC2)nc(-c2ccccc2F)c1N. The summed E-state index contributed by atoms with van der Waals surface area (Å²) in [4.78, 5) is 4.52. The number of hydrogen-bond acceptors (Lipinski definition) is 2. The minimum atomic E-state index is -0.318. The number of anilines is 1. The molecule has 96 valence electrons. The molecule has 3 rings (SSSR count). The van der Waals surface area contributed by atoms with Crippen LogP contribution in [0.1, 0.15) is 24.6 Å². The summed E-state index contributed by atoms with van der Waals surface area (Å²) in [7, 11) is 0. The van der Waals surface area contributed by atoms with E-state index in [0.717, 1.165) is 18.7 Å². The van der Waals surface area contributed by atoms with Gasteiger partial charge in [0.25, 0.3) is 0 Å². The van der Waals surface area contributed by atoms with Gasteiger partial charge in [-0.05, 0) is 25.0 Å². The van der Waals surface area contributed by atoms with Crippen LogP contribution in [0.4, 0.5) is 10.2 Å². The third-order valence-corrected chi connectivity index (χ3v) is 3.36. The molecule has 0 aliphatic heterocycles. The first-order valence-corrected chi connectivity index (χ1v) is 6.26. The standard InChI is InChI=1S/C15H14FN3/c1-2-9-19-14(17)13(18-15(19)10-7-8-10)11-5-3-4-6-12(11)16/h1,3-6,10H,7-9,17H2. The van der Waals surface area contributed by atoms with Gasteiger partial charge >= 0.3 is 0 Å². The molecule has 3 nitrogen and oxygen atoms in total. The number of rotatable bonds is 3. The molecule has 1 aromatic carbocycles. The van der Waals surface area contributed by atoms with Crippen LogP contribution < -0.4 is 5.73 Å². The summed E-state index contributed by atoms with van der Waals surface area (Å²) < 4.78 is 15.7. The fourth-order valence-electron chi connectivity index (χ4n) is 2.25. The second-order valence-electron chi connectivity index (χ2n) is 4.75. The summed E-state index contributed by atoms with van der Waals surface area (Å²) in [5.74, 6) is 4.00. The molecule has 1 heterocycles. The molecule has 0 unspecified atom stereocenters. The van der Waals surface area contributed by atoms with Gasteiger partial charge in [-0.15, -0.1) is 6.42 Å². The number of imidazole rings is 1. The van der Waals surface area contributed by atoms with Crippen LogP contribution in [-0.2, 0) is 6.54 Å². The van der Waals surface area contributed by atoms with Crippen molar-refractivity contribution < 1.29 is 4.39 Å². The summed E-state index contributed by atoms with van der Waals surface area (Å²) >= 11 is 0. The topological polar surface area (TPSA) is 43.8 Å². The lowest BCUT2D eigenvalue weighted by Crippen LogP contribution is -2.05. The highest BCUT2D eigenvalue weighted by Crippen LogP contribution is 2.42. The molecule has 0 bridgehead atoms. The van der Waals surface area contributed by atoms with E-state index in [9.17, 15) is 4.39 Å². The summed E-state index contributed by atoms with van der Waals surface area (Å²) in [5, 5.41) is 0. The second kappa shape index (κ2) is 4.43. The van der Waals surface area contributed by atoms with E-state index in [1.54, 1.807) is 18.2 Å². The van der Waals surface area contributed by atoms with Crippen LogP contribution in [0.15, 0.2) is 24.3 Å². The number of nitrogens with zero attached hydrogens (tertiary/aromatic N) is 2. The van der Waals surface area contributed by atoms with Gasteiger partial charge in [0.2, 0.25) is 0 Å². The van der Waals surface area contributed by atoms with Gasteiger partial charge in [0, 0.05) is 11.5 Å². The number of aromatic nitrogens is 2. The van der Waals surface area contributed by atoms with Crippen molar-refractivity contribution in [2.75, 3.05) is 5.73 Å². The van der Waals surface area contributed by atoms with E-state index >= 15 is 0 Å². The van der Waals surface area contributed by atoms with Crippen molar-refractivity contribution in [1.82, 2.24) is 9.55 Å². The summed E-state index contributed by atoms with van der Waals surface area (Å²) in [6, 6.07) is 6.51. The molecule has 0 amide bonds. The van der Waals surface area contributed by atoms with E-state index in [0.29, 0.717) is 29.5 Å². The van der Waals surface area contributed by atoms with E-state index in [2.05, 4.69) is 10.9 Å². The zero-order chi connectivity index (χ0) is 13.4. The van der Waals surface area contributed by atoms with Crippen LogP contribution in [-0.4, -0.2) is 9.55 Å². The Hall–Kier alpha value is -2.28. The molecule has 1 aliphatic rings. The molecule has 1 aliphatic carbocycles. The number of nitrogens with two attached hydrogens (primary N) is 1. The normalized spacial score (nSPS) is 14.3. The van der Waals surface area contributed by atoms with E-state index in [-0.39, 0.29) is 5.82 Å². The quantitative estimate of drug-likeness (QED) is 0.857. The highest BCUT2D eigenvalue weighted by atomic mass is 19.1. The highest BCUT2D eigenvalue weighted by Gasteiger charge is 2.31. The molecule has 1 fully saturated rings. The van der Waals surface area contributed by atoms with Crippen molar-refractivity contribution >= 4 is 5.82 Å². The zero-order valence-corrected chi connectivity index (χ0v) is 10.4. The predicted octanol–water partition coefficient (Wildman–Crippen LogP) is 2.78. The van der Waals surface area contributed by atoms with Crippen LogP contribution in [0.25, 0.3) is 11.3 Å². The molecular formula is C15H14FN3. The monoisotopic (exact) mass is 255 g/mol. The molecule has 0 radical (unpaired) electrons. The summed E-state index contributed by atoms with van der Waals surface area (Å²) in [6.07, 6.45) is 7.56. The average Bonchev–Trinajstić information content (AvgIpc) is 3.19. The Morgan fingerprint density at radius 2 is 2.16 bits per heavy atom. The Morgan fingerprint density at radius 1 is 1.42 bits per heavy atom. The fourth-order valence-corrected chi connectivity index (χ4v) is 2.25. The lowest BCUT2D eigenvalue weighted by atomic mass is 10.1. The maximum atomic E-state index is 13.9. The van der Waals surface area contributed by atoms with Crippen molar-refractivity contribution in [2.45, 2.75) is 25.3 Å². The number of benzene rings is 1. The molecule has 4 heteroatoms. The van der Waals surface area contributed by atoms with Crippen LogP contribution in [0.3, 0.4) is 0 Å². The number of nitrogen functional groups attached to an aromatic ring is 1. The molecular weight excluding hydrogens is 241 g/mol. The number of terminal acetylenes is 1. The summed E-state index contributed by atoms with van der Waals surface area (Å²) in [5.41, 5.74) is 7.02. The molecule has 2 aromatic rings. The Bertz CT molecular complexity index is 663. The predicted molar refractivity (Wildman–Crippen MR) is 72.8 cm³/mol. The number of halogens is 1. The molecule has 19 heavy (non-hydrogen) atoms. The van der Waals surface area contributed by atoms with E-state index in [1.165, 1.54) is 6.07 Å². The fraction of sp³-hybridized carbons (Fsp3) is 0.267. The average molecular weight is 255 g/mol. The molecule has 1 aromatic heterocycles. The minimum absolute atomic E-state index is 0.318. The lowest BCUT2D eigenvalue weighted by molar-refractivity contribution is 0.631. The Kier molecular flexibility index (Phi) is 2.75. The molecule has 0 atom stereocenters. The third-order valence-electron chi connectivity index (χ3n) is 3.36.